The first-order valence-electron chi connectivity index (χ1n) is 8.88. The quantitative estimate of drug-likeness (QED) is 0.745. The Morgan fingerprint density at radius 3 is 2.93 bits per heavy atom. The number of carbonyl (C=O) groups excluding carboxylic acids is 1. The fourth-order valence-corrected chi connectivity index (χ4v) is 3.46. The van der Waals surface area contributed by atoms with Crippen molar-refractivity contribution in [2.45, 2.75) is 25.5 Å². The second kappa shape index (κ2) is 7.44. The van der Waals surface area contributed by atoms with E-state index in [1.165, 1.54) is 30.6 Å². The number of benzene rings is 2. The number of H-pyrrole nitrogens is 1. The summed E-state index contributed by atoms with van der Waals surface area (Å²) >= 11 is 0. The van der Waals surface area contributed by atoms with Gasteiger partial charge in [-0.3, -0.25) is 4.79 Å². The summed E-state index contributed by atoms with van der Waals surface area (Å²) in [6, 6.07) is 8.61. The molecule has 1 aromatic heterocycles. The fraction of sp³-hybridized carbons (Fsp3) is 0.300. The lowest BCUT2D eigenvalue weighted by atomic mass is 10.1. The molecule has 1 N–H and O–H groups in total. The van der Waals surface area contributed by atoms with Crippen LogP contribution in [0.25, 0.3) is 11.0 Å². The number of nitrogens with one attached hydrogen (secondary N) is 1. The Labute approximate surface area is 155 Å². The van der Waals surface area contributed by atoms with Crippen LogP contribution >= 0.6 is 0 Å². The molecular weight excluding hydrogens is 352 g/mol. The van der Waals surface area contributed by atoms with Gasteiger partial charge in [-0.05, 0) is 42.7 Å². The molecule has 2 heterocycles. The highest BCUT2D eigenvalue weighted by molar-refractivity contribution is 6.04. The summed E-state index contributed by atoms with van der Waals surface area (Å²) in [5, 5.41) is 0. The maximum atomic E-state index is 14.0. The molecule has 1 saturated heterocycles. The van der Waals surface area contributed by atoms with Crippen LogP contribution in [0.3, 0.4) is 0 Å². The summed E-state index contributed by atoms with van der Waals surface area (Å²) < 4.78 is 33.2. The predicted octanol–water partition coefficient (Wildman–Crippen LogP) is 3.66. The number of fused-ring (bicyclic) bond motifs is 1. The minimum absolute atomic E-state index is 0.0780. The van der Waals surface area contributed by atoms with Crippen LogP contribution in [0.5, 0.6) is 0 Å². The van der Waals surface area contributed by atoms with Crippen molar-refractivity contribution in [1.82, 2.24) is 14.9 Å². The smallest absolute Gasteiger partial charge is 0.256 e. The molecule has 1 aliphatic heterocycles. The molecule has 0 saturated carbocycles. The highest BCUT2D eigenvalue weighted by Crippen LogP contribution is 2.22. The molecule has 27 heavy (non-hydrogen) atoms. The minimum atomic E-state index is -0.516. The van der Waals surface area contributed by atoms with Crippen molar-refractivity contribution in [3.8, 4) is 0 Å². The van der Waals surface area contributed by atoms with E-state index in [0.717, 1.165) is 12.8 Å². The van der Waals surface area contributed by atoms with Crippen LogP contribution in [0.2, 0.25) is 0 Å². The molecule has 0 aliphatic carbocycles. The number of nitrogens with zero attached hydrogens (tertiary/aromatic N) is 2. The zero-order valence-corrected chi connectivity index (χ0v) is 14.6. The first-order valence-corrected chi connectivity index (χ1v) is 8.88. The molecule has 7 heteroatoms. The molecule has 0 radical (unpaired) electrons. The number of hydrogen-bond acceptors (Lipinski definition) is 3. The van der Waals surface area contributed by atoms with Crippen LogP contribution in [0.1, 0.15) is 28.8 Å². The lowest BCUT2D eigenvalue weighted by Crippen LogP contribution is -2.37. The normalized spacial score (nSPS) is 16.7. The van der Waals surface area contributed by atoms with Crippen LogP contribution in [0.4, 0.5) is 8.78 Å². The zero-order chi connectivity index (χ0) is 18.8. The lowest BCUT2D eigenvalue weighted by molar-refractivity contribution is 0.0508. The molecule has 5 nitrogen and oxygen atoms in total. The Morgan fingerprint density at radius 1 is 1.26 bits per heavy atom. The minimum Gasteiger partial charge on any atom is -0.376 e. The predicted molar refractivity (Wildman–Crippen MR) is 96.2 cm³/mol. The van der Waals surface area contributed by atoms with Crippen molar-refractivity contribution in [1.29, 1.82) is 0 Å². The van der Waals surface area contributed by atoms with E-state index in [4.69, 9.17) is 4.74 Å². The Balaban J connectivity index is 1.67. The SMILES string of the molecule is O=C(c1cc(F)cc2[nH]cnc12)N(Cc1cccc(F)c1)C[C@@H]1CCCO1. The number of ether oxygens (including phenoxy) is 1. The van der Waals surface area contributed by atoms with Crippen molar-refractivity contribution in [2.75, 3.05) is 13.2 Å². The van der Waals surface area contributed by atoms with Crippen molar-refractivity contribution in [3.05, 3.63) is 65.5 Å². The number of imidazole rings is 1. The number of halogens is 2. The third-order valence-corrected chi connectivity index (χ3v) is 4.72. The van der Waals surface area contributed by atoms with Crippen LogP contribution in [-0.2, 0) is 11.3 Å². The molecule has 0 unspecified atom stereocenters. The maximum Gasteiger partial charge on any atom is 0.256 e. The molecule has 1 atom stereocenters. The average molecular weight is 371 g/mol. The van der Waals surface area contributed by atoms with Gasteiger partial charge in [0.05, 0.1) is 23.5 Å². The summed E-state index contributed by atoms with van der Waals surface area (Å²) in [6.45, 7) is 1.23. The number of hydrogen-bond donors (Lipinski definition) is 1. The van der Waals surface area contributed by atoms with Gasteiger partial charge in [0.15, 0.2) is 0 Å². The first kappa shape index (κ1) is 17.6. The van der Waals surface area contributed by atoms with Gasteiger partial charge in [0.25, 0.3) is 5.91 Å². The summed E-state index contributed by atoms with van der Waals surface area (Å²) in [4.78, 5) is 21.8. The van der Waals surface area contributed by atoms with Crippen LogP contribution in [0.15, 0.2) is 42.7 Å². The Morgan fingerprint density at radius 2 is 2.15 bits per heavy atom. The molecule has 0 spiro atoms. The van der Waals surface area contributed by atoms with Crippen molar-refractivity contribution >= 4 is 16.9 Å². The van der Waals surface area contributed by atoms with Gasteiger partial charge in [-0.1, -0.05) is 12.1 Å². The highest BCUT2D eigenvalue weighted by Gasteiger charge is 2.26. The first-order chi connectivity index (χ1) is 13.1. The standard InChI is InChI=1S/C20H19F2N3O2/c21-14-4-1-3-13(7-14)10-25(11-16-5-2-6-27-16)20(26)17-8-15(22)9-18-19(17)24-12-23-18/h1,3-4,7-9,12,16H,2,5-6,10-11H2,(H,23,24)/t16-/m0/s1. The Hall–Kier alpha value is -2.80. The number of rotatable bonds is 5. The monoisotopic (exact) mass is 371 g/mol. The van der Waals surface area contributed by atoms with E-state index in [1.807, 2.05) is 0 Å². The Kier molecular flexibility index (Phi) is 4.85. The molecular formula is C20H19F2N3O2. The highest BCUT2D eigenvalue weighted by atomic mass is 19.1. The van der Waals surface area contributed by atoms with Crippen molar-refractivity contribution < 1.29 is 18.3 Å². The average Bonchev–Trinajstić information content (AvgIpc) is 3.31. The molecule has 1 amide bonds. The van der Waals surface area contributed by atoms with Crippen LogP contribution in [0, 0.1) is 11.6 Å². The van der Waals surface area contributed by atoms with Crippen molar-refractivity contribution in [3.63, 3.8) is 0 Å². The van der Waals surface area contributed by atoms with Gasteiger partial charge >= 0.3 is 0 Å². The third kappa shape index (κ3) is 3.83. The van der Waals surface area contributed by atoms with E-state index in [0.29, 0.717) is 29.7 Å². The molecule has 1 aliphatic rings. The van der Waals surface area contributed by atoms with E-state index < -0.39 is 5.82 Å². The van der Waals surface area contributed by atoms with Crippen molar-refractivity contribution in [2.24, 2.45) is 0 Å². The van der Waals surface area contributed by atoms with Gasteiger partial charge in [0.1, 0.15) is 17.2 Å². The van der Waals surface area contributed by atoms with Gasteiger partial charge in [-0.25, -0.2) is 13.8 Å². The number of carbonyl (C=O) groups is 1. The molecule has 0 bridgehead atoms. The largest absolute Gasteiger partial charge is 0.376 e. The number of aromatic nitrogens is 2. The van der Waals surface area contributed by atoms with E-state index in [9.17, 15) is 13.6 Å². The summed E-state index contributed by atoms with van der Waals surface area (Å²) in [5.74, 6) is -1.23. The zero-order valence-electron chi connectivity index (χ0n) is 14.6. The summed E-state index contributed by atoms with van der Waals surface area (Å²) in [5.41, 5.74) is 1.72. The second-order valence-corrected chi connectivity index (χ2v) is 6.70. The molecule has 2 aromatic carbocycles. The summed E-state index contributed by atoms with van der Waals surface area (Å²) in [6.07, 6.45) is 3.15. The second-order valence-electron chi connectivity index (χ2n) is 6.70. The molecule has 4 rings (SSSR count). The lowest BCUT2D eigenvalue weighted by Gasteiger charge is -2.26. The summed E-state index contributed by atoms with van der Waals surface area (Å²) in [7, 11) is 0. The Bertz CT molecular complexity index is 967. The van der Waals surface area contributed by atoms with E-state index in [1.54, 1.807) is 17.0 Å². The molecule has 3 aromatic rings. The molecule has 1 fully saturated rings. The van der Waals surface area contributed by atoms with E-state index in [2.05, 4.69) is 9.97 Å². The van der Waals surface area contributed by atoms with Crippen LogP contribution < -0.4 is 0 Å². The van der Waals surface area contributed by atoms with Gasteiger partial charge in [0.2, 0.25) is 0 Å². The number of amides is 1. The van der Waals surface area contributed by atoms with Gasteiger partial charge in [-0.15, -0.1) is 0 Å². The van der Waals surface area contributed by atoms with Gasteiger partial charge in [-0.2, -0.15) is 0 Å². The van der Waals surface area contributed by atoms with Crippen LogP contribution in [-0.4, -0.2) is 40.0 Å². The molecule has 140 valence electrons. The maximum absolute atomic E-state index is 14.0. The van der Waals surface area contributed by atoms with Gasteiger partial charge in [0, 0.05) is 19.7 Å². The third-order valence-electron chi connectivity index (χ3n) is 4.72. The fourth-order valence-electron chi connectivity index (χ4n) is 3.46. The van der Waals surface area contributed by atoms with Gasteiger partial charge < -0.3 is 14.6 Å². The number of aromatic amines is 1. The topological polar surface area (TPSA) is 58.2 Å². The van der Waals surface area contributed by atoms with E-state index >= 15 is 0 Å². The van der Waals surface area contributed by atoms with E-state index in [-0.39, 0.29) is 29.9 Å².